The number of hydrogen-bond acceptors (Lipinski definition) is 3. The van der Waals surface area contributed by atoms with Crippen molar-refractivity contribution < 1.29 is 4.79 Å². The molecule has 100 valence electrons. The molecule has 4 nitrogen and oxygen atoms in total. The molecule has 0 unspecified atom stereocenters. The van der Waals surface area contributed by atoms with Gasteiger partial charge in [0.1, 0.15) is 0 Å². The molecule has 1 aromatic carbocycles. The first-order valence-electron chi connectivity index (χ1n) is 5.95. The Balaban J connectivity index is 2.53. The predicted molar refractivity (Wildman–Crippen MR) is 78.7 cm³/mol. The molecule has 0 fully saturated rings. The van der Waals surface area contributed by atoms with Crippen LogP contribution in [0.2, 0.25) is 0 Å². The summed E-state index contributed by atoms with van der Waals surface area (Å²) in [7, 11) is 2.03. The highest BCUT2D eigenvalue weighted by Gasteiger charge is 2.10. The molecule has 1 amide bonds. The molecule has 5 heteroatoms. The highest BCUT2D eigenvalue weighted by Crippen LogP contribution is 2.18. The first kappa shape index (κ1) is 15.0. The summed E-state index contributed by atoms with van der Waals surface area (Å²) in [6.45, 7) is 5.67. The van der Waals surface area contributed by atoms with Crippen LogP contribution < -0.4 is 11.1 Å². The van der Waals surface area contributed by atoms with Gasteiger partial charge in [-0.15, -0.1) is 0 Å². The number of likely N-dealkylation sites (N-methyl/N-ethyl adjacent to an activating group) is 1. The highest BCUT2D eigenvalue weighted by molar-refractivity contribution is 9.10. The Morgan fingerprint density at radius 1 is 1.50 bits per heavy atom. The standard InChI is InChI=1S/C13H20BrN3O/c1-9(2)17(3)7-6-16-13(18)11-8-10(14)4-5-12(11)15/h4-5,8-9H,6-7,15H2,1-3H3,(H,16,18). The maximum absolute atomic E-state index is 11.9. The number of nitrogens with two attached hydrogens (primary N) is 1. The summed E-state index contributed by atoms with van der Waals surface area (Å²) < 4.78 is 0.848. The summed E-state index contributed by atoms with van der Waals surface area (Å²) in [5, 5.41) is 2.87. The van der Waals surface area contributed by atoms with Crippen molar-refractivity contribution >= 4 is 27.5 Å². The Kier molecular flexibility index (Phi) is 5.62. The van der Waals surface area contributed by atoms with Crippen LogP contribution in [0.3, 0.4) is 0 Å². The molecule has 0 bridgehead atoms. The van der Waals surface area contributed by atoms with E-state index in [9.17, 15) is 4.79 Å². The smallest absolute Gasteiger partial charge is 0.253 e. The zero-order valence-corrected chi connectivity index (χ0v) is 12.6. The van der Waals surface area contributed by atoms with Crippen molar-refractivity contribution in [2.75, 3.05) is 25.9 Å². The van der Waals surface area contributed by atoms with Gasteiger partial charge in [0.25, 0.3) is 5.91 Å². The van der Waals surface area contributed by atoms with E-state index in [0.29, 0.717) is 23.8 Å². The Morgan fingerprint density at radius 2 is 2.17 bits per heavy atom. The zero-order chi connectivity index (χ0) is 13.7. The summed E-state index contributed by atoms with van der Waals surface area (Å²) in [5.74, 6) is -0.133. The van der Waals surface area contributed by atoms with E-state index in [-0.39, 0.29) is 5.91 Å². The SMILES string of the molecule is CC(C)N(C)CCNC(=O)c1cc(Br)ccc1N. The van der Waals surface area contributed by atoms with Crippen molar-refractivity contribution in [3.63, 3.8) is 0 Å². The number of hydrogen-bond donors (Lipinski definition) is 2. The van der Waals surface area contributed by atoms with Crippen molar-refractivity contribution in [1.82, 2.24) is 10.2 Å². The van der Waals surface area contributed by atoms with Gasteiger partial charge in [0.2, 0.25) is 0 Å². The van der Waals surface area contributed by atoms with Crippen LogP contribution in [0.15, 0.2) is 22.7 Å². The summed E-state index contributed by atoms with van der Waals surface area (Å²) >= 11 is 3.33. The van der Waals surface area contributed by atoms with E-state index in [2.05, 4.69) is 40.0 Å². The summed E-state index contributed by atoms with van der Waals surface area (Å²) in [6.07, 6.45) is 0. The van der Waals surface area contributed by atoms with Crippen molar-refractivity contribution in [3.8, 4) is 0 Å². The normalized spacial score (nSPS) is 11.0. The average Bonchev–Trinajstić information content (AvgIpc) is 2.31. The quantitative estimate of drug-likeness (QED) is 0.818. The monoisotopic (exact) mass is 313 g/mol. The number of carbonyl (C=O) groups is 1. The molecular weight excluding hydrogens is 294 g/mol. The van der Waals surface area contributed by atoms with Crippen LogP contribution in [-0.2, 0) is 0 Å². The van der Waals surface area contributed by atoms with Gasteiger partial charge >= 0.3 is 0 Å². The summed E-state index contributed by atoms with van der Waals surface area (Å²) in [4.78, 5) is 14.1. The van der Waals surface area contributed by atoms with E-state index in [0.717, 1.165) is 11.0 Å². The third-order valence-corrected chi connectivity index (χ3v) is 3.38. The van der Waals surface area contributed by atoms with Crippen LogP contribution in [0.1, 0.15) is 24.2 Å². The molecule has 3 N–H and O–H groups in total. The lowest BCUT2D eigenvalue weighted by molar-refractivity contribution is 0.0949. The first-order chi connectivity index (χ1) is 8.41. The minimum absolute atomic E-state index is 0.133. The molecule has 0 aliphatic carbocycles. The number of nitrogens with one attached hydrogen (secondary N) is 1. The zero-order valence-electron chi connectivity index (χ0n) is 11.0. The lowest BCUT2D eigenvalue weighted by Gasteiger charge is -2.21. The molecule has 0 aliphatic rings. The minimum atomic E-state index is -0.133. The fourth-order valence-electron chi connectivity index (χ4n) is 1.42. The Hall–Kier alpha value is -1.07. The molecule has 1 aromatic rings. The van der Waals surface area contributed by atoms with Crippen LogP contribution in [0.5, 0.6) is 0 Å². The molecule has 0 radical (unpaired) electrons. The molecule has 0 heterocycles. The van der Waals surface area contributed by atoms with E-state index in [1.165, 1.54) is 0 Å². The van der Waals surface area contributed by atoms with Gasteiger partial charge in [-0.1, -0.05) is 15.9 Å². The lowest BCUT2D eigenvalue weighted by atomic mass is 10.1. The Labute approximate surface area is 117 Å². The number of carbonyl (C=O) groups excluding carboxylic acids is 1. The van der Waals surface area contributed by atoms with E-state index in [4.69, 9.17) is 5.73 Å². The summed E-state index contributed by atoms with van der Waals surface area (Å²) in [6, 6.07) is 5.74. The fourth-order valence-corrected chi connectivity index (χ4v) is 1.79. The number of nitrogens with zero attached hydrogens (tertiary/aromatic N) is 1. The number of rotatable bonds is 5. The second-order valence-electron chi connectivity index (χ2n) is 4.56. The number of nitrogen functional groups attached to an aromatic ring is 1. The van der Waals surface area contributed by atoms with E-state index in [1.807, 2.05) is 13.1 Å². The molecule has 0 aromatic heterocycles. The van der Waals surface area contributed by atoms with Crippen molar-refractivity contribution in [2.45, 2.75) is 19.9 Å². The molecule has 0 atom stereocenters. The number of amides is 1. The third-order valence-electron chi connectivity index (χ3n) is 2.89. The predicted octanol–water partition coefficient (Wildman–Crippen LogP) is 2.10. The number of benzene rings is 1. The van der Waals surface area contributed by atoms with Gasteiger partial charge in [0.05, 0.1) is 5.56 Å². The van der Waals surface area contributed by atoms with Gasteiger partial charge in [0.15, 0.2) is 0 Å². The third kappa shape index (κ3) is 4.31. The molecular formula is C13H20BrN3O. The van der Waals surface area contributed by atoms with Crippen LogP contribution in [0.25, 0.3) is 0 Å². The highest BCUT2D eigenvalue weighted by atomic mass is 79.9. The molecule has 0 saturated carbocycles. The fraction of sp³-hybridized carbons (Fsp3) is 0.462. The maximum Gasteiger partial charge on any atom is 0.253 e. The van der Waals surface area contributed by atoms with Gasteiger partial charge in [0, 0.05) is 29.3 Å². The van der Waals surface area contributed by atoms with E-state index >= 15 is 0 Å². The largest absolute Gasteiger partial charge is 0.398 e. The van der Waals surface area contributed by atoms with Crippen LogP contribution in [0.4, 0.5) is 5.69 Å². The molecule has 0 saturated heterocycles. The molecule has 0 aliphatic heterocycles. The van der Waals surface area contributed by atoms with Gasteiger partial charge in [-0.3, -0.25) is 4.79 Å². The molecule has 0 spiro atoms. The van der Waals surface area contributed by atoms with Gasteiger partial charge in [-0.25, -0.2) is 0 Å². The van der Waals surface area contributed by atoms with Gasteiger partial charge in [-0.05, 0) is 39.1 Å². The average molecular weight is 314 g/mol. The number of halogens is 1. The van der Waals surface area contributed by atoms with Crippen LogP contribution in [-0.4, -0.2) is 37.0 Å². The second-order valence-corrected chi connectivity index (χ2v) is 5.48. The first-order valence-corrected chi connectivity index (χ1v) is 6.74. The van der Waals surface area contributed by atoms with Crippen molar-refractivity contribution in [1.29, 1.82) is 0 Å². The van der Waals surface area contributed by atoms with Crippen LogP contribution in [0, 0.1) is 0 Å². The van der Waals surface area contributed by atoms with Crippen LogP contribution >= 0.6 is 15.9 Å². The van der Waals surface area contributed by atoms with E-state index in [1.54, 1.807) is 12.1 Å². The maximum atomic E-state index is 11.9. The van der Waals surface area contributed by atoms with Crippen molar-refractivity contribution in [3.05, 3.63) is 28.2 Å². The second kappa shape index (κ2) is 6.75. The van der Waals surface area contributed by atoms with Gasteiger partial charge in [-0.2, -0.15) is 0 Å². The number of anilines is 1. The molecule has 18 heavy (non-hydrogen) atoms. The summed E-state index contributed by atoms with van der Waals surface area (Å²) in [5.41, 5.74) is 6.78. The molecule has 1 rings (SSSR count). The Morgan fingerprint density at radius 3 is 2.78 bits per heavy atom. The van der Waals surface area contributed by atoms with E-state index < -0.39 is 0 Å². The van der Waals surface area contributed by atoms with Gasteiger partial charge < -0.3 is 16.0 Å². The minimum Gasteiger partial charge on any atom is -0.398 e. The topological polar surface area (TPSA) is 58.4 Å². The lowest BCUT2D eigenvalue weighted by Crippen LogP contribution is -2.36. The van der Waals surface area contributed by atoms with Crippen molar-refractivity contribution in [2.24, 2.45) is 0 Å². The Bertz CT molecular complexity index is 421.